The van der Waals surface area contributed by atoms with E-state index < -0.39 is 0 Å². The van der Waals surface area contributed by atoms with E-state index in [0.29, 0.717) is 0 Å². The van der Waals surface area contributed by atoms with E-state index in [1.165, 1.54) is 11.1 Å². The third-order valence-electron chi connectivity index (χ3n) is 3.43. The highest BCUT2D eigenvalue weighted by atomic mass is 16.2. The van der Waals surface area contributed by atoms with Crippen LogP contribution in [0.5, 0.6) is 0 Å². The van der Waals surface area contributed by atoms with E-state index in [4.69, 9.17) is 0 Å². The maximum absolute atomic E-state index is 12.0. The van der Waals surface area contributed by atoms with Gasteiger partial charge in [-0.25, -0.2) is 4.99 Å². The Balaban J connectivity index is 2.70. The first kappa shape index (κ1) is 20.0. The third-order valence-corrected chi connectivity index (χ3v) is 3.43. The van der Waals surface area contributed by atoms with Gasteiger partial charge in [0.25, 0.3) is 0 Å². The lowest BCUT2D eigenvalue weighted by atomic mass is 10.1. The summed E-state index contributed by atoms with van der Waals surface area (Å²) in [5, 5.41) is 6.16. The molecule has 1 amide bonds. The Kier molecular flexibility index (Phi) is 7.75. The van der Waals surface area contributed by atoms with Gasteiger partial charge in [-0.1, -0.05) is 31.2 Å². The van der Waals surface area contributed by atoms with Crippen LogP contribution in [-0.4, -0.2) is 42.4 Å². The molecule has 0 heterocycles. The fourth-order valence-corrected chi connectivity index (χ4v) is 2.30. The van der Waals surface area contributed by atoms with Crippen molar-refractivity contribution in [1.29, 1.82) is 0 Å². The van der Waals surface area contributed by atoms with Crippen LogP contribution in [0.4, 0.5) is 0 Å². The van der Waals surface area contributed by atoms with Gasteiger partial charge in [0.15, 0.2) is 5.96 Å². The van der Waals surface area contributed by atoms with Crippen molar-refractivity contribution in [3.05, 3.63) is 35.4 Å². The maximum atomic E-state index is 12.0. The molecular weight excluding hydrogens is 300 g/mol. The Morgan fingerprint density at radius 3 is 2.21 bits per heavy atom. The van der Waals surface area contributed by atoms with Crippen molar-refractivity contribution >= 4 is 11.9 Å². The van der Waals surface area contributed by atoms with Crippen LogP contribution in [0.25, 0.3) is 0 Å². The van der Waals surface area contributed by atoms with Gasteiger partial charge in [0.2, 0.25) is 5.91 Å². The predicted molar refractivity (Wildman–Crippen MR) is 101 cm³/mol. The lowest BCUT2D eigenvalue weighted by Crippen LogP contribution is -2.43. The molecule has 0 aromatic heterocycles. The monoisotopic (exact) mass is 332 g/mol. The zero-order valence-electron chi connectivity index (χ0n) is 15.9. The standard InChI is InChI=1S/C19H32N4O/c1-7-15-9-11-16(12-10-15)14-23(6)18(20-8-2)21-13-17(24)22-19(3,4)5/h9-12H,7-8,13-14H2,1-6H3,(H,20,21)(H,22,24). The summed E-state index contributed by atoms with van der Waals surface area (Å²) in [6.07, 6.45) is 1.04. The van der Waals surface area contributed by atoms with Crippen LogP contribution >= 0.6 is 0 Å². The average Bonchev–Trinajstić information content (AvgIpc) is 2.50. The molecular formula is C19H32N4O. The van der Waals surface area contributed by atoms with E-state index in [-0.39, 0.29) is 18.0 Å². The van der Waals surface area contributed by atoms with Crippen molar-refractivity contribution in [2.24, 2.45) is 4.99 Å². The Morgan fingerprint density at radius 1 is 1.12 bits per heavy atom. The van der Waals surface area contributed by atoms with Gasteiger partial charge in [-0.3, -0.25) is 4.79 Å². The fourth-order valence-electron chi connectivity index (χ4n) is 2.30. The van der Waals surface area contributed by atoms with E-state index in [9.17, 15) is 4.79 Å². The van der Waals surface area contributed by atoms with Crippen LogP contribution in [0, 0.1) is 0 Å². The lowest BCUT2D eigenvalue weighted by molar-refractivity contribution is -0.121. The molecule has 2 N–H and O–H groups in total. The van der Waals surface area contributed by atoms with Gasteiger partial charge >= 0.3 is 0 Å². The van der Waals surface area contributed by atoms with Gasteiger partial charge in [-0.05, 0) is 45.2 Å². The summed E-state index contributed by atoms with van der Waals surface area (Å²) in [4.78, 5) is 18.4. The highest BCUT2D eigenvalue weighted by Crippen LogP contribution is 2.07. The normalized spacial score (nSPS) is 12.0. The van der Waals surface area contributed by atoms with Crippen molar-refractivity contribution in [2.75, 3.05) is 20.1 Å². The van der Waals surface area contributed by atoms with E-state index in [0.717, 1.165) is 25.5 Å². The third kappa shape index (κ3) is 7.49. The minimum Gasteiger partial charge on any atom is -0.357 e. The zero-order valence-corrected chi connectivity index (χ0v) is 15.9. The molecule has 0 saturated heterocycles. The van der Waals surface area contributed by atoms with Crippen molar-refractivity contribution in [2.45, 2.75) is 53.1 Å². The van der Waals surface area contributed by atoms with Gasteiger partial charge in [0.05, 0.1) is 0 Å². The highest BCUT2D eigenvalue weighted by molar-refractivity contribution is 5.85. The molecule has 0 atom stereocenters. The first-order valence-corrected chi connectivity index (χ1v) is 8.63. The minimum atomic E-state index is -0.238. The second kappa shape index (κ2) is 9.30. The number of carbonyl (C=O) groups is 1. The molecule has 0 unspecified atom stereocenters. The molecule has 0 aliphatic heterocycles. The molecule has 134 valence electrons. The molecule has 0 saturated carbocycles. The molecule has 5 heteroatoms. The molecule has 0 aliphatic carbocycles. The first-order valence-electron chi connectivity index (χ1n) is 8.63. The van der Waals surface area contributed by atoms with Crippen molar-refractivity contribution in [3.63, 3.8) is 0 Å². The molecule has 1 rings (SSSR count). The van der Waals surface area contributed by atoms with Crippen LogP contribution in [-0.2, 0) is 17.8 Å². The smallest absolute Gasteiger partial charge is 0.242 e. The van der Waals surface area contributed by atoms with E-state index in [2.05, 4.69) is 46.8 Å². The van der Waals surface area contributed by atoms with Crippen LogP contribution in [0.1, 0.15) is 45.7 Å². The minimum absolute atomic E-state index is 0.0707. The summed E-state index contributed by atoms with van der Waals surface area (Å²) in [5.74, 6) is 0.666. The zero-order chi connectivity index (χ0) is 18.2. The number of aliphatic imine (C=N–C) groups is 1. The Bertz CT molecular complexity index is 543. The topological polar surface area (TPSA) is 56.7 Å². The molecule has 0 bridgehead atoms. The van der Waals surface area contributed by atoms with E-state index >= 15 is 0 Å². The summed E-state index contributed by atoms with van der Waals surface area (Å²) >= 11 is 0. The number of carbonyl (C=O) groups excluding carboxylic acids is 1. The Morgan fingerprint density at radius 2 is 1.71 bits per heavy atom. The van der Waals surface area contributed by atoms with Gasteiger partial charge < -0.3 is 15.5 Å². The van der Waals surface area contributed by atoms with Gasteiger partial charge in [0, 0.05) is 25.7 Å². The van der Waals surface area contributed by atoms with Gasteiger partial charge in [-0.2, -0.15) is 0 Å². The van der Waals surface area contributed by atoms with Crippen molar-refractivity contribution in [3.8, 4) is 0 Å². The largest absolute Gasteiger partial charge is 0.357 e. The van der Waals surface area contributed by atoms with E-state index in [1.54, 1.807) is 0 Å². The fraction of sp³-hybridized carbons (Fsp3) is 0.579. The quantitative estimate of drug-likeness (QED) is 0.622. The SMILES string of the molecule is CCNC(=NCC(=O)NC(C)(C)C)N(C)Cc1ccc(CC)cc1. The predicted octanol–water partition coefficient (Wildman–Crippen LogP) is 2.56. The van der Waals surface area contributed by atoms with Crippen molar-refractivity contribution < 1.29 is 4.79 Å². The second-order valence-electron chi connectivity index (χ2n) is 6.99. The number of hydrogen-bond acceptors (Lipinski definition) is 2. The highest BCUT2D eigenvalue weighted by Gasteiger charge is 2.14. The van der Waals surface area contributed by atoms with E-state index in [1.807, 2.05) is 39.6 Å². The summed E-state index contributed by atoms with van der Waals surface area (Å²) in [7, 11) is 1.98. The number of rotatable bonds is 6. The summed E-state index contributed by atoms with van der Waals surface area (Å²) in [5.41, 5.74) is 2.32. The summed E-state index contributed by atoms with van der Waals surface area (Å²) in [6, 6.07) is 8.60. The first-order chi connectivity index (χ1) is 11.2. The molecule has 0 spiro atoms. The van der Waals surface area contributed by atoms with Crippen LogP contribution in [0.2, 0.25) is 0 Å². The molecule has 0 radical (unpaired) electrons. The molecule has 5 nitrogen and oxygen atoms in total. The molecule has 24 heavy (non-hydrogen) atoms. The molecule has 1 aromatic rings. The number of nitrogens with zero attached hydrogens (tertiary/aromatic N) is 2. The number of amides is 1. The molecule has 1 aromatic carbocycles. The Labute approximate surface area is 146 Å². The van der Waals surface area contributed by atoms with Crippen LogP contribution < -0.4 is 10.6 Å². The molecule has 0 fully saturated rings. The second-order valence-corrected chi connectivity index (χ2v) is 6.99. The van der Waals surface area contributed by atoms with Crippen LogP contribution in [0.3, 0.4) is 0 Å². The van der Waals surface area contributed by atoms with Gasteiger partial charge in [-0.15, -0.1) is 0 Å². The number of guanidine groups is 1. The summed E-state index contributed by atoms with van der Waals surface area (Å²) < 4.78 is 0. The number of hydrogen-bond donors (Lipinski definition) is 2. The Hall–Kier alpha value is -2.04. The number of nitrogens with one attached hydrogen (secondary N) is 2. The lowest BCUT2D eigenvalue weighted by Gasteiger charge is -2.23. The average molecular weight is 332 g/mol. The van der Waals surface area contributed by atoms with Crippen molar-refractivity contribution in [1.82, 2.24) is 15.5 Å². The van der Waals surface area contributed by atoms with Crippen LogP contribution in [0.15, 0.2) is 29.3 Å². The maximum Gasteiger partial charge on any atom is 0.242 e. The summed E-state index contributed by atoms with van der Waals surface area (Å²) in [6.45, 7) is 11.7. The number of benzene rings is 1. The van der Waals surface area contributed by atoms with Gasteiger partial charge in [0.1, 0.15) is 6.54 Å². The molecule has 0 aliphatic rings. The number of aryl methyl sites for hydroxylation is 1.